The van der Waals surface area contributed by atoms with E-state index in [1.165, 1.54) is 6.33 Å². The highest BCUT2D eigenvalue weighted by atomic mass is 16.3. The van der Waals surface area contributed by atoms with Gasteiger partial charge in [-0.2, -0.15) is 10.1 Å². The van der Waals surface area contributed by atoms with Crippen molar-refractivity contribution in [1.29, 1.82) is 0 Å². The van der Waals surface area contributed by atoms with Gasteiger partial charge in [-0.3, -0.25) is 4.79 Å². The van der Waals surface area contributed by atoms with Crippen LogP contribution in [0.25, 0.3) is 5.65 Å². The summed E-state index contributed by atoms with van der Waals surface area (Å²) in [6, 6.07) is 1.95. The standard InChI is InChI=1S/C21H24N8O2/c1-13-7-16-23-12-24-29(16)9-14(13)25-19-22-8-15-18(26-19)28(10-17(30)27(15)2)20-3-5-21(31,11-20)6-4-20/h7-9,12,31H,3-6,10-11H2,1-2H3,(H,22,25,26). The van der Waals surface area contributed by atoms with E-state index in [0.29, 0.717) is 18.1 Å². The molecular formula is C21H24N8O2. The minimum Gasteiger partial charge on any atom is -0.390 e. The normalized spacial score (nSPS) is 27.3. The van der Waals surface area contributed by atoms with Crippen LogP contribution in [0.4, 0.5) is 23.1 Å². The number of nitrogens with one attached hydrogen (secondary N) is 1. The quantitative estimate of drug-likeness (QED) is 0.660. The smallest absolute Gasteiger partial charge is 0.246 e. The van der Waals surface area contributed by atoms with Crippen molar-refractivity contribution in [1.82, 2.24) is 24.6 Å². The molecule has 0 atom stereocenters. The second-order valence-electron chi connectivity index (χ2n) is 9.12. The van der Waals surface area contributed by atoms with Gasteiger partial charge in [-0.05, 0) is 50.7 Å². The van der Waals surface area contributed by atoms with Gasteiger partial charge in [0.1, 0.15) is 12.0 Å². The molecule has 0 radical (unpaired) electrons. The number of rotatable bonds is 3. The average Bonchev–Trinajstić information content (AvgIpc) is 3.44. The number of amides is 1. The van der Waals surface area contributed by atoms with Gasteiger partial charge in [0.25, 0.3) is 0 Å². The Labute approximate surface area is 178 Å². The van der Waals surface area contributed by atoms with Gasteiger partial charge in [0.2, 0.25) is 11.9 Å². The maximum Gasteiger partial charge on any atom is 0.246 e. The van der Waals surface area contributed by atoms with Crippen LogP contribution in [-0.2, 0) is 4.79 Å². The molecule has 2 saturated carbocycles. The number of anilines is 4. The van der Waals surface area contributed by atoms with Crippen molar-refractivity contribution in [3.05, 3.63) is 30.4 Å². The largest absolute Gasteiger partial charge is 0.390 e. The summed E-state index contributed by atoms with van der Waals surface area (Å²) in [5.41, 5.74) is 2.48. The van der Waals surface area contributed by atoms with Gasteiger partial charge >= 0.3 is 0 Å². The first-order chi connectivity index (χ1) is 14.9. The van der Waals surface area contributed by atoms with E-state index < -0.39 is 5.60 Å². The van der Waals surface area contributed by atoms with Crippen LogP contribution < -0.4 is 15.1 Å². The fourth-order valence-corrected chi connectivity index (χ4v) is 5.43. The Morgan fingerprint density at radius 3 is 2.74 bits per heavy atom. The van der Waals surface area contributed by atoms with Crippen LogP contribution in [0.15, 0.2) is 24.8 Å². The third kappa shape index (κ3) is 2.71. The van der Waals surface area contributed by atoms with Crippen LogP contribution >= 0.6 is 0 Å². The van der Waals surface area contributed by atoms with Crippen molar-refractivity contribution in [2.75, 3.05) is 28.7 Å². The summed E-state index contributed by atoms with van der Waals surface area (Å²) in [5, 5.41) is 18.3. The Bertz CT molecular complexity index is 1210. The van der Waals surface area contributed by atoms with Gasteiger partial charge in [-0.25, -0.2) is 14.5 Å². The minimum absolute atomic E-state index is 0.0148. The van der Waals surface area contributed by atoms with Gasteiger partial charge in [0.15, 0.2) is 11.5 Å². The van der Waals surface area contributed by atoms with Crippen molar-refractivity contribution >= 4 is 34.7 Å². The van der Waals surface area contributed by atoms with E-state index in [1.54, 1.807) is 22.7 Å². The molecule has 1 aliphatic heterocycles. The molecule has 6 rings (SSSR count). The fourth-order valence-electron chi connectivity index (χ4n) is 5.43. The molecule has 4 heterocycles. The summed E-state index contributed by atoms with van der Waals surface area (Å²) >= 11 is 0. The van der Waals surface area contributed by atoms with Crippen LogP contribution in [0.5, 0.6) is 0 Å². The third-order valence-corrected chi connectivity index (χ3v) is 7.25. The highest BCUT2D eigenvalue weighted by molar-refractivity contribution is 6.02. The number of nitrogens with zero attached hydrogens (tertiary/aromatic N) is 7. The van der Waals surface area contributed by atoms with Gasteiger partial charge in [0.05, 0.1) is 30.2 Å². The van der Waals surface area contributed by atoms with Crippen molar-refractivity contribution in [2.24, 2.45) is 0 Å². The molecule has 10 heteroatoms. The first-order valence-electron chi connectivity index (χ1n) is 10.6. The molecule has 0 aromatic carbocycles. The molecule has 3 aliphatic rings. The molecule has 3 aromatic rings. The van der Waals surface area contributed by atoms with E-state index in [1.807, 2.05) is 19.2 Å². The van der Waals surface area contributed by atoms with Crippen LogP contribution in [0.1, 0.15) is 37.7 Å². The molecule has 2 bridgehead atoms. The lowest BCUT2D eigenvalue weighted by atomic mass is 9.90. The summed E-state index contributed by atoms with van der Waals surface area (Å²) in [4.78, 5) is 30.0. The molecule has 2 fully saturated rings. The lowest BCUT2D eigenvalue weighted by molar-refractivity contribution is -0.117. The first-order valence-corrected chi connectivity index (χ1v) is 10.6. The maximum atomic E-state index is 12.7. The Morgan fingerprint density at radius 2 is 2.00 bits per heavy atom. The molecule has 0 unspecified atom stereocenters. The highest BCUT2D eigenvalue weighted by Crippen LogP contribution is 2.55. The van der Waals surface area contributed by atoms with Gasteiger partial charge in [0, 0.05) is 12.6 Å². The Kier molecular flexibility index (Phi) is 3.66. The third-order valence-electron chi connectivity index (χ3n) is 7.25. The van der Waals surface area contributed by atoms with Crippen molar-refractivity contribution in [3.8, 4) is 0 Å². The van der Waals surface area contributed by atoms with Gasteiger partial charge < -0.3 is 20.2 Å². The van der Waals surface area contributed by atoms with E-state index in [0.717, 1.165) is 48.4 Å². The molecular weight excluding hydrogens is 396 g/mol. The molecule has 31 heavy (non-hydrogen) atoms. The summed E-state index contributed by atoms with van der Waals surface area (Å²) in [6.45, 7) is 2.25. The number of pyridine rings is 1. The van der Waals surface area contributed by atoms with Crippen LogP contribution in [-0.4, -0.2) is 60.3 Å². The zero-order chi connectivity index (χ0) is 21.4. The number of aromatic nitrogens is 5. The number of fused-ring (bicyclic) bond motifs is 4. The summed E-state index contributed by atoms with van der Waals surface area (Å²) in [7, 11) is 1.76. The van der Waals surface area contributed by atoms with Gasteiger partial charge in [-0.1, -0.05) is 0 Å². The minimum atomic E-state index is -0.606. The highest BCUT2D eigenvalue weighted by Gasteiger charge is 2.58. The monoisotopic (exact) mass is 420 g/mol. The van der Waals surface area contributed by atoms with E-state index >= 15 is 0 Å². The number of carbonyl (C=O) groups is 1. The van der Waals surface area contributed by atoms with Crippen LogP contribution in [0.2, 0.25) is 0 Å². The summed E-state index contributed by atoms with van der Waals surface area (Å²) in [6.07, 6.45) is 9.05. The Balaban J connectivity index is 1.40. The lowest BCUT2D eigenvalue weighted by Crippen LogP contribution is -2.54. The van der Waals surface area contributed by atoms with E-state index in [-0.39, 0.29) is 18.0 Å². The van der Waals surface area contributed by atoms with Crippen LogP contribution in [0.3, 0.4) is 0 Å². The molecule has 3 aromatic heterocycles. The van der Waals surface area contributed by atoms with Crippen molar-refractivity contribution < 1.29 is 9.90 Å². The topological polar surface area (TPSA) is 112 Å². The van der Waals surface area contributed by atoms with E-state index in [2.05, 4.69) is 25.3 Å². The van der Waals surface area contributed by atoms with E-state index in [9.17, 15) is 9.90 Å². The zero-order valence-electron chi connectivity index (χ0n) is 17.5. The molecule has 0 spiro atoms. The SMILES string of the molecule is Cc1cc2ncnn2cc1Nc1ncc2c(n1)N(C13CCC(O)(CC1)C3)CC(=O)N2C. The Hall–Kier alpha value is -3.27. The molecule has 10 nitrogen and oxygen atoms in total. The van der Waals surface area contributed by atoms with Crippen LogP contribution in [0, 0.1) is 6.92 Å². The van der Waals surface area contributed by atoms with Crippen molar-refractivity contribution in [3.63, 3.8) is 0 Å². The molecule has 0 saturated heterocycles. The Morgan fingerprint density at radius 1 is 1.19 bits per heavy atom. The maximum absolute atomic E-state index is 12.7. The molecule has 2 aliphatic carbocycles. The molecule has 1 amide bonds. The lowest BCUT2D eigenvalue weighted by Gasteiger charge is -2.45. The zero-order valence-corrected chi connectivity index (χ0v) is 17.5. The molecule has 160 valence electrons. The number of carbonyl (C=O) groups excluding carboxylic acids is 1. The van der Waals surface area contributed by atoms with Crippen molar-refractivity contribution in [2.45, 2.75) is 50.2 Å². The number of aryl methyl sites for hydroxylation is 1. The second-order valence-corrected chi connectivity index (χ2v) is 9.12. The predicted molar refractivity (Wildman–Crippen MR) is 115 cm³/mol. The first kappa shape index (κ1) is 18.5. The fraction of sp³-hybridized carbons (Fsp3) is 0.476. The number of aliphatic hydroxyl groups is 1. The average molecular weight is 420 g/mol. The number of hydrogen-bond donors (Lipinski definition) is 2. The summed E-state index contributed by atoms with van der Waals surface area (Å²) < 4.78 is 1.70. The van der Waals surface area contributed by atoms with Gasteiger partial charge in [-0.15, -0.1) is 0 Å². The number of likely N-dealkylation sites (N-methyl/N-ethyl adjacent to an activating group) is 1. The number of hydrogen-bond acceptors (Lipinski definition) is 8. The predicted octanol–water partition coefficient (Wildman–Crippen LogP) is 1.80. The second kappa shape index (κ2) is 6.13. The van der Waals surface area contributed by atoms with E-state index in [4.69, 9.17) is 4.98 Å². The molecule has 2 N–H and O–H groups in total. The summed E-state index contributed by atoms with van der Waals surface area (Å²) in [5.74, 6) is 1.21.